The summed E-state index contributed by atoms with van der Waals surface area (Å²) < 4.78 is 5.93. The van der Waals surface area contributed by atoms with Gasteiger partial charge in [-0.2, -0.15) is 0 Å². The highest BCUT2D eigenvalue weighted by molar-refractivity contribution is 6.02. The second-order valence-electron chi connectivity index (χ2n) is 7.90. The van der Waals surface area contributed by atoms with Crippen LogP contribution in [0.4, 0.5) is 5.69 Å². The van der Waals surface area contributed by atoms with Crippen LogP contribution in [-0.4, -0.2) is 30.1 Å². The highest BCUT2D eigenvalue weighted by Gasteiger charge is 2.46. The number of amides is 1. The van der Waals surface area contributed by atoms with Crippen LogP contribution in [0, 0.1) is 0 Å². The van der Waals surface area contributed by atoms with E-state index in [9.17, 15) is 4.79 Å². The Hall–Kier alpha value is -2.33. The van der Waals surface area contributed by atoms with Crippen molar-refractivity contribution in [3.8, 4) is 0 Å². The number of carbonyl (C=O) groups is 1. The molecular formula is C24H30N2O2. The predicted molar refractivity (Wildman–Crippen MR) is 112 cm³/mol. The number of benzene rings is 2. The lowest BCUT2D eigenvalue weighted by Crippen LogP contribution is -2.59. The first-order valence-corrected chi connectivity index (χ1v) is 10.6. The molecule has 2 atom stereocenters. The van der Waals surface area contributed by atoms with E-state index in [4.69, 9.17) is 4.74 Å². The number of unbranched alkanes of at least 4 members (excludes halogenated alkanes) is 2. The third-order valence-corrected chi connectivity index (χ3v) is 6.01. The van der Waals surface area contributed by atoms with Crippen molar-refractivity contribution in [3.05, 3.63) is 65.7 Å². The van der Waals surface area contributed by atoms with Crippen molar-refractivity contribution in [2.24, 2.45) is 0 Å². The molecule has 0 spiro atoms. The monoisotopic (exact) mass is 378 g/mol. The number of hydrogen-bond donors (Lipinski definition) is 1. The van der Waals surface area contributed by atoms with E-state index in [-0.39, 0.29) is 12.0 Å². The largest absolute Gasteiger partial charge is 0.376 e. The van der Waals surface area contributed by atoms with Crippen LogP contribution in [0.2, 0.25) is 0 Å². The van der Waals surface area contributed by atoms with E-state index >= 15 is 0 Å². The number of fused-ring (bicyclic) bond motifs is 1. The fraction of sp³-hybridized carbons (Fsp3) is 0.458. The van der Waals surface area contributed by atoms with E-state index < -0.39 is 5.66 Å². The Labute approximate surface area is 167 Å². The van der Waals surface area contributed by atoms with Crippen molar-refractivity contribution >= 4 is 11.6 Å². The molecule has 4 rings (SSSR count). The highest BCUT2D eigenvalue weighted by atomic mass is 16.5. The molecule has 148 valence electrons. The van der Waals surface area contributed by atoms with Crippen molar-refractivity contribution in [3.63, 3.8) is 0 Å². The zero-order chi connectivity index (χ0) is 19.4. The van der Waals surface area contributed by atoms with Crippen LogP contribution < -0.4 is 5.32 Å². The molecule has 0 aliphatic carbocycles. The summed E-state index contributed by atoms with van der Waals surface area (Å²) >= 11 is 0. The highest BCUT2D eigenvalue weighted by Crippen LogP contribution is 2.42. The summed E-state index contributed by atoms with van der Waals surface area (Å²) in [5.74, 6) is 0.102. The molecule has 2 unspecified atom stereocenters. The van der Waals surface area contributed by atoms with Crippen LogP contribution >= 0.6 is 0 Å². The minimum atomic E-state index is -0.534. The number of para-hydroxylation sites is 1. The van der Waals surface area contributed by atoms with Crippen molar-refractivity contribution in [1.29, 1.82) is 0 Å². The van der Waals surface area contributed by atoms with E-state index in [1.54, 1.807) is 0 Å². The summed E-state index contributed by atoms with van der Waals surface area (Å²) in [6.07, 6.45) is 6.47. The van der Waals surface area contributed by atoms with Gasteiger partial charge in [0.2, 0.25) is 0 Å². The SMILES string of the molecule is CCCCCC1(c2ccccc2)Nc2ccccc2C(=O)N1CC1CCCO1. The van der Waals surface area contributed by atoms with E-state index in [2.05, 4.69) is 41.4 Å². The molecule has 2 heterocycles. The predicted octanol–water partition coefficient (Wildman–Crippen LogP) is 5.17. The number of carbonyl (C=O) groups excluding carboxylic acids is 1. The quantitative estimate of drug-likeness (QED) is 0.676. The van der Waals surface area contributed by atoms with E-state index in [0.717, 1.165) is 61.9 Å². The zero-order valence-corrected chi connectivity index (χ0v) is 16.7. The van der Waals surface area contributed by atoms with Gasteiger partial charge in [-0.05, 0) is 43.4 Å². The Morgan fingerprint density at radius 1 is 1.11 bits per heavy atom. The van der Waals surface area contributed by atoms with Gasteiger partial charge in [0.05, 0.1) is 11.7 Å². The minimum absolute atomic E-state index is 0.102. The normalized spacial score (nSPS) is 24.1. The molecule has 0 saturated carbocycles. The summed E-state index contributed by atoms with van der Waals surface area (Å²) in [6.45, 7) is 3.64. The fourth-order valence-electron chi connectivity index (χ4n) is 4.53. The Balaban J connectivity index is 1.79. The number of nitrogens with one attached hydrogen (secondary N) is 1. The van der Waals surface area contributed by atoms with Gasteiger partial charge in [-0.25, -0.2) is 0 Å². The average Bonchev–Trinajstić information content (AvgIpc) is 3.25. The Morgan fingerprint density at radius 2 is 1.89 bits per heavy atom. The summed E-state index contributed by atoms with van der Waals surface area (Å²) in [4.78, 5) is 15.7. The molecule has 2 aliphatic rings. The molecule has 2 aromatic carbocycles. The maximum Gasteiger partial charge on any atom is 0.258 e. The minimum Gasteiger partial charge on any atom is -0.376 e. The van der Waals surface area contributed by atoms with Gasteiger partial charge in [0.15, 0.2) is 0 Å². The summed E-state index contributed by atoms with van der Waals surface area (Å²) in [6, 6.07) is 18.3. The first-order valence-electron chi connectivity index (χ1n) is 10.6. The van der Waals surface area contributed by atoms with Gasteiger partial charge < -0.3 is 15.0 Å². The van der Waals surface area contributed by atoms with Gasteiger partial charge >= 0.3 is 0 Å². The van der Waals surface area contributed by atoms with Crippen LogP contribution in [-0.2, 0) is 10.4 Å². The van der Waals surface area contributed by atoms with Crippen molar-refractivity contribution in [1.82, 2.24) is 4.90 Å². The van der Waals surface area contributed by atoms with Crippen LogP contribution in [0.25, 0.3) is 0 Å². The lowest BCUT2D eigenvalue weighted by Gasteiger charge is -2.50. The van der Waals surface area contributed by atoms with Crippen LogP contribution in [0.5, 0.6) is 0 Å². The van der Waals surface area contributed by atoms with Gasteiger partial charge in [0, 0.05) is 18.8 Å². The molecular weight excluding hydrogens is 348 g/mol. The number of hydrogen-bond acceptors (Lipinski definition) is 3. The van der Waals surface area contributed by atoms with Gasteiger partial charge in [-0.1, -0.05) is 62.2 Å². The van der Waals surface area contributed by atoms with E-state index in [1.165, 1.54) is 0 Å². The topological polar surface area (TPSA) is 41.6 Å². The molecule has 4 heteroatoms. The molecule has 2 aliphatic heterocycles. The lowest BCUT2D eigenvalue weighted by molar-refractivity contribution is 0.0168. The third kappa shape index (κ3) is 3.53. The summed E-state index contributed by atoms with van der Waals surface area (Å²) in [7, 11) is 0. The summed E-state index contributed by atoms with van der Waals surface area (Å²) in [5.41, 5.74) is 2.29. The smallest absolute Gasteiger partial charge is 0.258 e. The second-order valence-corrected chi connectivity index (χ2v) is 7.90. The molecule has 4 nitrogen and oxygen atoms in total. The molecule has 2 aromatic rings. The number of rotatable bonds is 7. The number of nitrogens with zero attached hydrogens (tertiary/aromatic N) is 1. The first kappa shape index (κ1) is 19.0. The lowest BCUT2D eigenvalue weighted by atomic mass is 9.87. The summed E-state index contributed by atoms with van der Waals surface area (Å²) in [5, 5.41) is 3.79. The number of anilines is 1. The van der Waals surface area contributed by atoms with Crippen LogP contribution in [0.15, 0.2) is 54.6 Å². The van der Waals surface area contributed by atoms with E-state index in [0.29, 0.717) is 6.54 Å². The van der Waals surface area contributed by atoms with Crippen molar-refractivity contribution < 1.29 is 9.53 Å². The van der Waals surface area contributed by atoms with Crippen molar-refractivity contribution in [2.45, 2.75) is 57.2 Å². The third-order valence-electron chi connectivity index (χ3n) is 6.01. The zero-order valence-electron chi connectivity index (χ0n) is 16.7. The molecule has 1 saturated heterocycles. The average molecular weight is 379 g/mol. The van der Waals surface area contributed by atoms with Gasteiger partial charge in [-0.15, -0.1) is 0 Å². The van der Waals surface area contributed by atoms with Crippen LogP contribution in [0.3, 0.4) is 0 Å². The number of ether oxygens (including phenoxy) is 1. The van der Waals surface area contributed by atoms with Crippen LogP contribution in [0.1, 0.15) is 61.4 Å². The first-order chi connectivity index (χ1) is 13.7. The molecule has 1 N–H and O–H groups in total. The van der Waals surface area contributed by atoms with Gasteiger partial charge in [0.1, 0.15) is 5.66 Å². The molecule has 1 fully saturated rings. The molecule has 1 amide bonds. The van der Waals surface area contributed by atoms with E-state index in [1.807, 2.05) is 30.3 Å². The van der Waals surface area contributed by atoms with Gasteiger partial charge in [-0.3, -0.25) is 4.79 Å². The van der Waals surface area contributed by atoms with Gasteiger partial charge in [0.25, 0.3) is 5.91 Å². The van der Waals surface area contributed by atoms with Crippen molar-refractivity contribution in [2.75, 3.05) is 18.5 Å². The molecule has 0 radical (unpaired) electrons. The molecule has 0 aromatic heterocycles. The Bertz CT molecular complexity index is 801. The standard InChI is InChI=1S/C24H30N2O2/c1-2-3-9-16-24(19-11-5-4-6-12-19)25-22-15-8-7-14-21(22)23(27)26(24)18-20-13-10-17-28-20/h4-8,11-12,14-15,20,25H,2-3,9-10,13,16-18H2,1H3. The molecule has 28 heavy (non-hydrogen) atoms. The second kappa shape index (κ2) is 8.36. The fourth-order valence-corrected chi connectivity index (χ4v) is 4.53. The molecule has 0 bridgehead atoms. The maximum atomic E-state index is 13.7. The Morgan fingerprint density at radius 3 is 2.64 bits per heavy atom. The maximum absolute atomic E-state index is 13.7. The Kier molecular flexibility index (Phi) is 5.67.